The lowest BCUT2D eigenvalue weighted by atomic mass is 9.72. The molecule has 1 aromatic carbocycles. The van der Waals surface area contributed by atoms with E-state index in [1.165, 1.54) is 18.6 Å². The fourth-order valence-corrected chi connectivity index (χ4v) is 3.21. The monoisotopic (exact) mass is 274 g/mol. The van der Waals surface area contributed by atoms with Crippen molar-refractivity contribution in [3.8, 4) is 6.07 Å². The number of aryl methyl sites for hydroxylation is 1. The lowest BCUT2D eigenvalue weighted by Gasteiger charge is -2.38. The lowest BCUT2D eigenvalue weighted by Crippen LogP contribution is -2.42. The molecule has 3 heteroatoms. The molecule has 0 heterocycles. The topological polar surface area (TPSA) is 35.8 Å². The zero-order valence-electron chi connectivity index (χ0n) is 12.5. The number of rotatable bonds is 3. The van der Waals surface area contributed by atoms with E-state index in [-0.39, 0.29) is 5.82 Å². The maximum Gasteiger partial charge on any atom is 0.125 e. The highest BCUT2D eigenvalue weighted by Crippen LogP contribution is 2.38. The second-order valence-electron chi connectivity index (χ2n) is 6.44. The molecule has 0 amide bonds. The predicted molar refractivity (Wildman–Crippen MR) is 79.9 cm³/mol. The SMILES string of the molecule is Cc1cc(F)cc(NC2(C#N)CCCC(C(C)C)C2)c1. The number of nitrogens with zero attached hydrogens (tertiary/aromatic N) is 1. The van der Waals surface area contributed by atoms with Crippen molar-refractivity contribution >= 4 is 5.69 Å². The molecule has 0 aromatic heterocycles. The minimum atomic E-state index is -0.548. The van der Waals surface area contributed by atoms with Gasteiger partial charge in [-0.15, -0.1) is 0 Å². The van der Waals surface area contributed by atoms with Gasteiger partial charge in [-0.2, -0.15) is 5.26 Å². The van der Waals surface area contributed by atoms with Crippen LogP contribution in [0.3, 0.4) is 0 Å². The van der Waals surface area contributed by atoms with E-state index in [1.54, 1.807) is 0 Å². The van der Waals surface area contributed by atoms with Crippen LogP contribution in [0.1, 0.15) is 45.1 Å². The van der Waals surface area contributed by atoms with Crippen LogP contribution in [0.5, 0.6) is 0 Å². The average Bonchev–Trinajstić information content (AvgIpc) is 2.37. The first-order valence-corrected chi connectivity index (χ1v) is 7.41. The molecular weight excluding hydrogens is 251 g/mol. The molecule has 108 valence electrons. The summed E-state index contributed by atoms with van der Waals surface area (Å²) in [6.07, 6.45) is 3.92. The molecule has 0 radical (unpaired) electrons. The summed E-state index contributed by atoms with van der Waals surface area (Å²) in [7, 11) is 0. The third-order valence-electron chi connectivity index (χ3n) is 4.37. The van der Waals surface area contributed by atoms with Crippen molar-refractivity contribution in [2.24, 2.45) is 11.8 Å². The largest absolute Gasteiger partial charge is 0.367 e. The Bertz CT molecular complexity index is 498. The first-order valence-electron chi connectivity index (χ1n) is 7.41. The molecule has 1 aliphatic rings. The summed E-state index contributed by atoms with van der Waals surface area (Å²) < 4.78 is 13.5. The minimum Gasteiger partial charge on any atom is -0.367 e. The van der Waals surface area contributed by atoms with Crippen LogP contribution in [0.4, 0.5) is 10.1 Å². The van der Waals surface area contributed by atoms with E-state index in [4.69, 9.17) is 0 Å². The maximum absolute atomic E-state index is 13.5. The molecule has 1 N–H and O–H groups in total. The summed E-state index contributed by atoms with van der Waals surface area (Å²) in [5.41, 5.74) is 1.04. The van der Waals surface area contributed by atoms with Crippen LogP contribution in [0, 0.1) is 35.9 Å². The van der Waals surface area contributed by atoms with Crippen LogP contribution in [0.2, 0.25) is 0 Å². The minimum absolute atomic E-state index is 0.253. The standard InChI is InChI=1S/C17H23FN2/c1-12(2)14-5-4-6-17(10-14,11-19)20-16-8-13(3)7-15(18)9-16/h7-9,12,14,20H,4-6,10H2,1-3H3. The Balaban J connectivity index is 2.21. The Morgan fingerprint density at radius 3 is 2.75 bits per heavy atom. The van der Waals surface area contributed by atoms with Gasteiger partial charge in [0.2, 0.25) is 0 Å². The zero-order valence-corrected chi connectivity index (χ0v) is 12.5. The van der Waals surface area contributed by atoms with Crippen LogP contribution in [0.25, 0.3) is 0 Å². The van der Waals surface area contributed by atoms with Crippen LogP contribution < -0.4 is 5.32 Å². The average molecular weight is 274 g/mol. The molecule has 0 aliphatic heterocycles. The van der Waals surface area contributed by atoms with Crippen molar-refractivity contribution in [3.05, 3.63) is 29.6 Å². The number of halogens is 1. The fraction of sp³-hybridized carbons (Fsp3) is 0.588. The number of nitrogens with one attached hydrogen (secondary N) is 1. The van der Waals surface area contributed by atoms with Gasteiger partial charge in [-0.1, -0.05) is 13.8 Å². The molecule has 1 aliphatic carbocycles. The van der Waals surface area contributed by atoms with Gasteiger partial charge in [0.15, 0.2) is 0 Å². The number of hydrogen-bond acceptors (Lipinski definition) is 2. The van der Waals surface area contributed by atoms with E-state index in [0.717, 1.165) is 24.8 Å². The summed E-state index contributed by atoms with van der Waals surface area (Å²) in [4.78, 5) is 0. The summed E-state index contributed by atoms with van der Waals surface area (Å²) in [6.45, 7) is 6.29. The molecular formula is C17H23FN2. The van der Waals surface area contributed by atoms with Crippen molar-refractivity contribution in [1.29, 1.82) is 5.26 Å². The van der Waals surface area contributed by atoms with Gasteiger partial charge in [0.1, 0.15) is 11.4 Å². The third kappa shape index (κ3) is 3.30. The third-order valence-corrected chi connectivity index (χ3v) is 4.37. The quantitative estimate of drug-likeness (QED) is 0.870. The Hall–Kier alpha value is -1.56. The van der Waals surface area contributed by atoms with Crippen molar-refractivity contribution in [1.82, 2.24) is 0 Å². The van der Waals surface area contributed by atoms with Gasteiger partial charge in [-0.3, -0.25) is 0 Å². The van der Waals surface area contributed by atoms with E-state index in [2.05, 4.69) is 25.2 Å². The molecule has 1 aromatic rings. The van der Waals surface area contributed by atoms with E-state index in [1.807, 2.05) is 13.0 Å². The van der Waals surface area contributed by atoms with Crippen LogP contribution >= 0.6 is 0 Å². The van der Waals surface area contributed by atoms with Crippen molar-refractivity contribution in [2.45, 2.75) is 52.0 Å². The Kier molecular flexibility index (Phi) is 4.32. The molecule has 2 rings (SSSR count). The van der Waals surface area contributed by atoms with Gasteiger partial charge in [-0.25, -0.2) is 4.39 Å². The molecule has 1 saturated carbocycles. The molecule has 0 bridgehead atoms. The highest BCUT2D eigenvalue weighted by molar-refractivity contribution is 5.50. The zero-order chi connectivity index (χ0) is 14.8. The summed E-state index contributed by atoms with van der Waals surface area (Å²) in [5, 5.41) is 12.9. The predicted octanol–water partition coefficient (Wildman–Crippen LogP) is 4.65. The first-order chi connectivity index (χ1) is 9.44. The van der Waals surface area contributed by atoms with Gasteiger partial charge < -0.3 is 5.32 Å². The Labute approximate surface area is 121 Å². The van der Waals surface area contributed by atoms with Crippen LogP contribution in [-0.4, -0.2) is 5.54 Å². The van der Waals surface area contributed by atoms with Crippen LogP contribution in [0.15, 0.2) is 18.2 Å². The maximum atomic E-state index is 13.5. The Morgan fingerprint density at radius 1 is 1.40 bits per heavy atom. The van der Waals surface area contributed by atoms with E-state index in [0.29, 0.717) is 17.5 Å². The van der Waals surface area contributed by atoms with Gasteiger partial charge in [0, 0.05) is 5.69 Å². The van der Waals surface area contributed by atoms with Gasteiger partial charge in [0.05, 0.1) is 6.07 Å². The highest BCUT2D eigenvalue weighted by Gasteiger charge is 2.37. The van der Waals surface area contributed by atoms with E-state index in [9.17, 15) is 9.65 Å². The summed E-state index contributed by atoms with van der Waals surface area (Å²) >= 11 is 0. The second-order valence-corrected chi connectivity index (χ2v) is 6.44. The molecule has 2 nitrogen and oxygen atoms in total. The smallest absolute Gasteiger partial charge is 0.125 e. The lowest BCUT2D eigenvalue weighted by molar-refractivity contribution is 0.232. The van der Waals surface area contributed by atoms with Gasteiger partial charge in [-0.05, 0) is 68.2 Å². The summed E-state index contributed by atoms with van der Waals surface area (Å²) in [6, 6.07) is 7.34. The van der Waals surface area contributed by atoms with Gasteiger partial charge >= 0.3 is 0 Å². The second kappa shape index (κ2) is 5.83. The molecule has 20 heavy (non-hydrogen) atoms. The number of nitriles is 1. The first kappa shape index (κ1) is 14.8. The van der Waals surface area contributed by atoms with E-state index < -0.39 is 5.54 Å². The molecule has 0 saturated heterocycles. The number of anilines is 1. The van der Waals surface area contributed by atoms with Crippen LogP contribution in [-0.2, 0) is 0 Å². The molecule has 1 fully saturated rings. The Morgan fingerprint density at radius 2 is 2.15 bits per heavy atom. The fourth-order valence-electron chi connectivity index (χ4n) is 3.21. The molecule has 0 spiro atoms. The van der Waals surface area contributed by atoms with Gasteiger partial charge in [0.25, 0.3) is 0 Å². The number of hydrogen-bond donors (Lipinski definition) is 1. The van der Waals surface area contributed by atoms with Crippen molar-refractivity contribution < 1.29 is 4.39 Å². The normalized spacial score (nSPS) is 26.3. The molecule has 2 atom stereocenters. The number of benzene rings is 1. The van der Waals surface area contributed by atoms with Crippen molar-refractivity contribution in [2.75, 3.05) is 5.32 Å². The highest BCUT2D eigenvalue weighted by atomic mass is 19.1. The summed E-state index contributed by atoms with van der Waals surface area (Å²) in [5.74, 6) is 0.890. The van der Waals surface area contributed by atoms with E-state index >= 15 is 0 Å². The van der Waals surface area contributed by atoms with Crippen molar-refractivity contribution in [3.63, 3.8) is 0 Å². The molecule has 2 unspecified atom stereocenters.